The molecular formula is C21H23F2N3O2S2. The zero-order chi connectivity index (χ0) is 21.3. The number of rotatable bonds is 6. The number of hydrogen-bond donors (Lipinski definition) is 0. The van der Waals surface area contributed by atoms with Gasteiger partial charge in [0.05, 0.1) is 21.7 Å². The number of sulfonamides is 1. The fourth-order valence-corrected chi connectivity index (χ4v) is 6.16. The van der Waals surface area contributed by atoms with Gasteiger partial charge in [-0.15, -0.1) is 11.8 Å². The predicted octanol–water partition coefficient (Wildman–Crippen LogP) is 4.80. The molecule has 0 radical (unpaired) electrons. The summed E-state index contributed by atoms with van der Waals surface area (Å²) < 4.78 is 56.1. The van der Waals surface area contributed by atoms with Crippen molar-refractivity contribution in [3.05, 3.63) is 53.9 Å². The van der Waals surface area contributed by atoms with Gasteiger partial charge in [0, 0.05) is 24.5 Å². The molecule has 5 nitrogen and oxygen atoms in total. The van der Waals surface area contributed by atoms with E-state index in [4.69, 9.17) is 0 Å². The number of imidazole rings is 1. The van der Waals surface area contributed by atoms with Crippen LogP contribution in [-0.4, -0.2) is 35.4 Å². The smallest absolute Gasteiger partial charge is 0.243 e. The van der Waals surface area contributed by atoms with Crippen molar-refractivity contribution in [3.63, 3.8) is 0 Å². The molecule has 30 heavy (non-hydrogen) atoms. The minimum atomic E-state index is -3.53. The molecular weight excluding hydrogens is 428 g/mol. The molecule has 0 amide bonds. The molecule has 1 aliphatic heterocycles. The SMILES string of the molecule is CCn1c(CSc2ccc(F)c(F)c2)nc2cc(S(=O)(=O)N3CCCCC3)ccc21. The van der Waals surface area contributed by atoms with Gasteiger partial charge in [-0.1, -0.05) is 6.42 Å². The average Bonchev–Trinajstić information content (AvgIpc) is 3.12. The van der Waals surface area contributed by atoms with E-state index in [0.29, 0.717) is 35.8 Å². The lowest BCUT2D eigenvalue weighted by atomic mass is 10.2. The van der Waals surface area contributed by atoms with E-state index in [1.807, 2.05) is 11.5 Å². The first kappa shape index (κ1) is 21.3. The Morgan fingerprint density at radius 1 is 1.03 bits per heavy atom. The second-order valence-electron chi connectivity index (χ2n) is 7.25. The lowest BCUT2D eigenvalue weighted by molar-refractivity contribution is 0.346. The largest absolute Gasteiger partial charge is 0.328 e. The fourth-order valence-electron chi connectivity index (χ4n) is 3.75. The molecule has 4 rings (SSSR count). The summed E-state index contributed by atoms with van der Waals surface area (Å²) in [6.45, 7) is 3.77. The highest BCUT2D eigenvalue weighted by Crippen LogP contribution is 2.28. The second kappa shape index (κ2) is 8.64. The Bertz CT molecular complexity index is 1170. The summed E-state index contributed by atoms with van der Waals surface area (Å²) in [6.07, 6.45) is 2.83. The molecule has 3 aromatic rings. The Balaban J connectivity index is 1.62. The summed E-state index contributed by atoms with van der Waals surface area (Å²) >= 11 is 1.36. The molecule has 0 unspecified atom stereocenters. The maximum Gasteiger partial charge on any atom is 0.243 e. The molecule has 0 N–H and O–H groups in total. The van der Waals surface area contributed by atoms with Crippen LogP contribution in [0.1, 0.15) is 32.0 Å². The minimum absolute atomic E-state index is 0.262. The highest BCUT2D eigenvalue weighted by Gasteiger charge is 2.26. The van der Waals surface area contributed by atoms with Crippen molar-refractivity contribution in [1.82, 2.24) is 13.9 Å². The second-order valence-corrected chi connectivity index (χ2v) is 10.2. The van der Waals surface area contributed by atoms with E-state index < -0.39 is 21.7 Å². The van der Waals surface area contributed by atoms with Crippen molar-refractivity contribution in [2.24, 2.45) is 0 Å². The quantitative estimate of drug-likeness (QED) is 0.505. The number of thioether (sulfide) groups is 1. The molecule has 2 aromatic carbocycles. The van der Waals surface area contributed by atoms with Gasteiger partial charge < -0.3 is 4.57 Å². The molecule has 160 valence electrons. The number of aryl methyl sites for hydroxylation is 1. The molecule has 1 saturated heterocycles. The van der Waals surface area contributed by atoms with Crippen molar-refractivity contribution in [3.8, 4) is 0 Å². The van der Waals surface area contributed by atoms with Gasteiger partial charge in [0.15, 0.2) is 11.6 Å². The maximum atomic E-state index is 13.5. The van der Waals surface area contributed by atoms with Gasteiger partial charge >= 0.3 is 0 Å². The lowest BCUT2D eigenvalue weighted by Gasteiger charge is -2.25. The fraction of sp³-hybridized carbons (Fsp3) is 0.381. The Kier molecular flexibility index (Phi) is 6.13. The van der Waals surface area contributed by atoms with Crippen molar-refractivity contribution >= 4 is 32.8 Å². The van der Waals surface area contributed by atoms with Crippen molar-refractivity contribution in [2.75, 3.05) is 13.1 Å². The molecule has 2 heterocycles. The normalized spacial score (nSPS) is 15.7. The molecule has 0 spiro atoms. The first-order valence-electron chi connectivity index (χ1n) is 9.97. The predicted molar refractivity (Wildman–Crippen MR) is 114 cm³/mol. The first-order chi connectivity index (χ1) is 14.4. The number of piperidine rings is 1. The maximum absolute atomic E-state index is 13.5. The van der Waals surface area contributed by atoms with E-state index in [1.54, 1.807) is 22.5 Å². The van der Waals surface area contributed by atoms with Crippen LogP contribution in [-0.2, 0) is 22.3 Å². The first-order valence-corrected chi connectivity index (χ1v) is 12.4. The highest BCUT2D eigenvalue weighted by atomic mass is 32.2. The minimum Gasteiger partial charge on any atom is -0.328 e. The van der Waals surface area contributed by atoms with Gasteiger partial charge in [-0.3, -0.25) is 0 Å². The van der Waals surface area contributed by atoms with E-state index in [2.05, 4.69) is 4.98 Å². The zero-order valence-corrected chi connectivity index (χ0v) is 18.3. The van der Waals surface area contributed by atoms with E-state index >= 15 is 0 Å². The number of hydrogen-bond acceptors (Lipinski definition) is 4. The molecule has 0 saturated carbocycles. The van der Waals surface area contributed by atoms with Crippen molar-refractivity contribution < 1.29 is 17.2 Å². The number of benzene rings is 2. The number of aromatic nitrogens is 2. The Hall–Kier alpha value is -1.97. The topological polar surface area (TPSA) is 55.2 Å². The molecule has 1 aliphatic rings. The summed E-state index contributed by atoms with van der Waals surface area (Å²) in [6, 6.07) is 8.89. The van der Waals surface area contributed by atoms with Crippen LogP contribution in [0.4, 0.5) is 8.78 Å². The van der Waals surface area contributed by atoms with Crippen molar-refractivity contribution in [1.29, 1.82) is 0 Å². The van der Waals surface area contributed by atoms with Crippen LogP contribution in [0.15, 0.2) is 46.2 Å². The van der Waals surface area contributed by atoms with Gasteiger partial charge in [-0.05, 0) is 56.2 Å². The molecule has 0 bridgehead atoms. The van der Waals surface area contributed by atoms with Crippen LogP contribution < -0.4 is 0 Å². The Morgan fingerprint density at radius 3 is 2.50 bits per heavy atom. The molecule has 0 atom stereocenters. The van der Waals surface area contributed by atoms with Crippen LogP contribution >= 0.6 is 11.8 Å². The highest BCUT2D eigenvalue weighted by molar-refractivity contribution is 7.98. The lowest BCUT2D eigenvalue weighted by Crippen LogP contribution is -2.35. The van der Waals surface area contributed by atoms with Gasteiger partial charge in [-0.25, -0.2) is 22.2 Å². The van der Waals surface area contributed by atoms with Gasteiger partial charge in [0.25, 0.3) is 0 Å². The summed E-state index contributed by atoms with van der Waals surface area (Å²) in [4.78, 5) is 5.52. The van der Waals surface area contributed by atoms with Gasteiger partial charge in [0.2, 0.25) is 10.0 Å². The van der Waals surface area contributed by atoms with E-state index in [0.717, 1.165) is 36.7 Å². The number of nitrogens with zero attached hydrogens (tertiary/aromatic N) is 3. The Morgan fingerprint density at radius 2 is 1.80 bits per heavy atom. The molecule has 1 fully saturated rings. The summed E-state index contributed by atoms with van der Waals surface area (Å²) in [5.41, 5.74) is 1.48. The van der Waals surface area contributed by atoms with E-state index in [9.17, 15) is 17.2 Å². The average molecular weight is 452 g/mol. The van der Waals surface area contributed by atoms with Crippen LogP contribution in [0.2, 0.25) is 0 Å². The van der Waals surface area contributed by atoms with Crippen LogP contribution in [0.5, 0.6) is 0 Å². The Labute approximate surface area is 179 Å². The molecule has 0 aliphatic carbocycles. The van der Waals surface area contributed by atoms with E-state index in [-0.39, 0.29) is 4.90 Å². The number of halogens is 2. The van der Waals surface area contributed by atoms with Gasteiger partial charge in [-0.2, -0.15) is 4.31 Å². The third kappa shape index (κ3) is 4.10. The van der Waals surface area contributed by atoms with Gasteiger partial charge in [0.1, 0.15) is 5.82 Å². The third-order valence-corrected chi connectivity index (χ3v) is 8.21. The molecule has 9 heteroatoms. The van der Waals surface area contributed by atoms with Crippen LogP contribution in [0.25, 0.3) is 11.0 Å². The summed E-state index contributed by atoms with van der Waals surface area (Å²) in [7, 11) is -3.53. The summed E-state index contributed by atoms with van der Waals surface area (Å²) in [5.74, 6) is -0.532. The van der Waals surface area contributed by atoms with Crippen molar-refractivity contribution in [2.45, 2.75) is 48.3 Å². The summed E-state index contributed by atoms with van der Waals surface area (Å²) in [5, 5.41) is 0. The van der Waals surface area contributed by atoms with Crippen LogP contribution in [0.3, 0.4) is 0 Å². The number of fused-ring (bicyclic) bond motifs is 1. The van der Waals surface area contributed by atoms with E-state index in [1.165, 1.54) is 23.9 Å². The standard InChI is InChI=1S/C21H23F2N3O2S2/c1-2-26-20-9-7-16(30(27,28)25-10-4-3-5-11-25)13-19(20)24-21(26)14-29-15-6-8-17(22)18(23)12-15/h6-9,12-13H,2-5,10-11,14H2,1H3. The third-order valence-electron chi connectivity index (χ3n) is 5.33. The zero-order valence-electron chi connectivity index (χ0n) is 16.6. The molecule has 1 aromatic heterocycles. The van der Waals surface area contributed by atoms with Crippen LogP contribution in [0, 0.1) is 11.6 Å². The monoisotopic (exact) mass is 451 g/mol.